The van der Waals surface area contributed by atoms with E-state index in [4.69, 9.17) is 16.3 Å². The minimum Gasteiger partial charge on any atom is -0.381 e. The lowest BCUT2D eigenvalue weighted by Crippen LogP contribution is -1.97. The highest BCUT2D eigenvalue weighted by molar-refractivity contribution is 6.30. The highest BCUT2D eigenvalue weighted by atomic mass is 35.5. The Labute approximate surface area is 110 Å². The van der Waals surface area contributed by atoms with Crippen molar-refractivity contribution in [2.24, 2.45) is 0 Å². The maximum Gasteiger partial charge on any atom is 0.0466 e. The van der Waals surface area contributed by atoms with E-state index in [0.29, 0.717) is 0 Å². The average Bonchev–Trinajstić information content (AvgIpc) is 2.35. The second-order valence-electron chi connectivity index (χ2n) is 4.26. The standard InChI is InChI=1S/C15H22ClO/c1-2-3-5-12-17-13-6-4-7-14-8-10-15(16)11-9-14/h8-11H,1-7,12-13H2. The van der Waals surface area contributed by atoms with Crippen molar-refractivity contribution in [3.05, 3.63) is 41.8 Å². The number of hydrogen-bond acceptors (Lipinski definition) is 1. The molecular formula is C15H22ClO. The molecule has 0 spiro atoms. The summed E-state index contributed by atoms with van der Waals surface area (Å²) in [4.78, 5) is 0. The van der Waals surface area contributed by atoms with Crippen LogP contribution in [-0.4, -0.2) is 13.2 Å². The van der Waals surface area contributed by atoms with Crippen LogP contribution in [0, 0.1) is 6.92 Å². The van der Waals surface area contributed by atoms with E-state index in [0.717, 1.165) is 43.9 Å². The smallest absolute Gasteiger partial charge is 0.0466 e. The topological polar surface area (TPSA) is 9.23 Å². The third-order valence-corrected chi connectivity index (χ3v) is 2.96. The van der Waals surface area contributed by atoms with Gasteiger partial charge in [-0.2, -0.15) is 0 Å². The Balaban J connectivity index is 1.95. The van der Waals surface area contributed by atoms with Crippen LogP contribution in [-0.2, 0) is 11.2 Å². The number of hydrogen-bond donors (Lipinski definition) is 0. The number of ether oxygens (including phenoxy) is 1. The summed E-state index contributed by atoms with van der Waals surface area (Å²) in [6.45, 7) is 5.57. The molecule has 0 saturated heterocycles. The van der Waals surface area contributed by atoms with Crippen LogP contribution >= 0.6 is 11.6 Å². The van der Waals surface area contributed by atoms with Gasteiger partial charge in [0.05, 0.1) is 0 Å². The minimum absolute atomic E-state index is 0.808. The molecule has 0 atom stereocenters. The monoisotopic (exact) mass is 253 g/mol. The van der Waals surface area contributed by atoms with Gasteiger partial charge in [0.1, 0.15) is 0 Å². The van der Waals surface area contributed by atoms with E-state index >= 15 is 0 Å². The van der Waals surface area contributed by atoms with Crippen LogP contribution in [0.25, 0.3) is 0 Å². The second-order valence-corrected chi connectivity index (χ2v) is 4.69. The molecule has 0 fully saturated rings. The number of rotatable bonds is 9. The molecule has 0 aliphatic heterocycles. The molecule has 2 heteroatoms. The molecule has 1 aromatic carbocycles. The third-order valence-electron chi connectivity index (χ3n) is 2.71. The van der Waals surface area contributed by atoms with E-state index in [9.17, 15) is 0 Å². The van der Waals surface area contributed by atoms with E-state index in [1.807, 2.05) is 12.1 Å². The van der Waals surface area contributed by atoms with Gasteiger partial charge in [-0.3, -0.25) is 0 Å². The molecule has 0 bridgehead atoms. The maximum absolute atomic E-state index is 5.83. The zero-order valence-electron chi connectivity index (χ0n) is 10.5. The largest absolute Gasteiger partial charge is 0.381 e. The van der Waals surface area contributed by atoms with Crippen LogP contribution in [0.1, 0.15) is 37.7 Å². The highest BCUT2D eigenvalue weighted by Crippen LogP contribution is 2.11. The summed E-state index contributed by atoms with van der Waals surface area (Å²) >= 11 is 5.83. The molecular weight excluding hydrogens is 232 g/mol. The summed E-state index contributed by atoms with van der Waals surface area (Å²) in [5.41, 5.74) is 1.35. The zero-order chi connectivity index (χ0) is 12.3. The Kier molecular flexibility index (Phi) is 8.12. The molecule has 0 aromatic heterocycles. The van der Waals surface area contributed by atoms with Gasteiger partial charge in [0, 0.05) is 18.2 Å². The van der Waals surface area contributed by atoms with Crippen LogP contribution in [0.2, 0.25) is 5.02 Å². The molecule has 95 valence electrons. The van der Waals surface area contributed by atoms with Gasteiger partial charge in [-0.05, 0) is 43.4 Å². The highest BCUT2D eigenvalue weighted by Gasteiger charge is 1.94. The van der Waals surface area contributed by atoms with E-state index in [-0.39, 0.29) is 0 Å². The van der Waals surface area contributed by atoms with Crippen molar-refractivity contribution in [2.45, 2.75) is 38.5 Å². The first-order chi connectivity index (χ1) is 8.33. The minimum atomic E-state index is 0.808. The van der Waals surface area contributed by atoms with Crippen LogP contribution in [0.5, 0.6) is 0 Å². The van der Waals surface area contributed by atoms with E-state index in [1.165, 1.54) is 18.4 Å². The first kappa shape index (κ1) is 14.5. The lowest BCUT2D eigenvalue weighted by atomic mass is 10.1. The SMILES string of the molecule is [CH2]CCCCOCCCCc1ccc(Cl)cc1. The lowest BCUT2D eigenvalue weighted by molar-refractivity contribution is 0.127. The Morgan fingerprint density at radius 2 is 1.59 bits per heavy atom. The van der Waals surface area contributed by atoms with Gasteiger partial charge < -0.3 is 4.74 Å². The summed E-state index contributed by atoms with van der Waals surface area (Å²) in [7, 11) is 0. The lowest BCUT2D eigenvalue weighted by Gasteiger charge is -2.04. The summed E-state index contributed by atoms with van der Waals surface area (Å²) in [6.07, 6.45) is 6.74. The van der Waals surface area contributed by atoms with Gasteiger partial charge in [-0.25, -0.2) is 0 Å². The number of unbranched alkanes of at least 4 members (excludes halogenated alkanes) is 3. The zero-order valence-corrected chi connectivity index (χ0v) is 11.2. The van der Waals surface area contributed by atoms with Gasteiger partial charge in [0.2, 0.25) is 0 Å². The Bertz CT molecular complexity index is 281. The third kappa shape index (κ3) is 7.40. The fourth-order valence-corrected chi connectivity index (χ4v) is 1.79. The van der Waals surface area contributed by atoms with Crippen molar-refractivity contribution >= 4 is 11.6 Å². The van der Waals surface area contributed by atoms with Crippen LogP contribution in [0.3, 0.4) is 0 Å². The van der Waals surface area contributed by atoms with E-state index < -0.39 is 0 Å². The van der Waals surface area contributed by atoms with Gasteiger partial charge in [-0.15, -0.1) is 0 Å². The molecule has 1 radical (unpaired) electrons. The van der Waals surface area contributed by atoms with Crippen LogP contribution < -0.4 is 0 Å². The van der Waals surface area contributed by atoms with Crippen molar-refractivity contribution < 1.29 is 4.74 Å². The summed E-state index contributed by atoms with van der Waals surface area (Å²) in [5.74, 6) is 0. The van der Waals surface area contributed by atoms with Crippen molar-refractivity contribution in [1.29, 1.82) is 0 Å². The van der Waals surface area contributed by atoms with Gasteiger partial charge in [-0.1, -0.05) is 43.5 Å². The molecule has 0 amide bonds. The molecule has 1 aromatic rings. The van der Waals surface area contributed by atoms with Gasteiger partial charge in [0.25, 0.3) is 0 Å². The number of aryl methyl sites for hydroxylation is 1. The molecule has 0 aliphatic carbocycles. The van der Waals surface area contributed by atoms with Crippen molar-refractivity contribution in [1.82, 2.24) is 0 Å². The summed E-state index contributed by atoms with van der Waals surface area (Å²) in [5, 5.41) is 0.808. The van der Waals surface area contributed by atoms with Gasteiger partial charge in [0.15, 0.2) is 0 Å². The van der Waals surface area contributed by atoms with E-state index in [2.05, 4.69) is 19.1 Å². The fraction of sp³-hybridized carbons (Fsp3) is 0.533. The quantitative estimate of drug-likeness (QED) is 0.581. The summed E-state index contributed by atoms with van der Waals surface area (Å²) in [6, 6.07) is 8.09. The van der Waals surface area contributed by atoms with E-state index in [1.54, 1.807) is 0 Å². The van der Waals surface area contributed by atoms with Crippen molar-refractivity contribution in [3.63, 3.8) is 0 Å². The van der Waals surface area contributed by atoms with Crippen LogP contribution in [0.15, 0.2) is 24.3 Å². The predicted octanol–water partition coefficient (Wildman–Crippen LogP) is 4.68. The maximum atomic E-state index is 5.83. The molecule has 17 heavy (non-hydrogen) atoms. The van der Waals surface area contributed by atoms with Crippen LogP contribution in [0.4, 0.5) is 0 Å². The molecule has 0 unspecified atom stereocenters. The molecule has 0 saturated carbocycles. The number of halogens is 1. The predicted molar refractivity (Wildman–Crippen MR) is 74.4 cm³/mol. The van der Waals surface area contributed by atoms with Crippen molar-refractivity contribution in [2.75, 3.05) is 13.2 Å². The average molecular weight is 254 g/mol. The number of benzene rings is 1. The van der Waals surface area contributed by atoms with Crippen molar-refractivity contribution in [3.8, 4) is 0 Å². The molecule has 0 aliphatic rings. The Morgan fingerprint density at radius 1 is 0.941 bits per heavy atom. The Morgan fingerprint density at radius 3 is 2.24 bits per heavy atom. The molecule has 1 rings (SSSR count). The first-order valence-electron chi connectivity index (χ1n) is 6.44. The second kappa shape index (κ2) is 9.49. The molecule has 1 nitrogen and oxygen atoms in total. The fourth-order valence-electron chi connectivity index (χ4n) is 1.67. The molecule has 0 heterocycles. The normalized spacial score (nSPS) is 10.7. The first-order valence-corrected chi connectivity index (χ1v) is 6.82. The Hall–Kier alpha value is -0.530. The molecule has 0 N–H and O–H groups in total. The summed E-state index contributed by atoms with van der Waals surface area (Å²) < 4.78 is 5.54. The van der Waals surface area contributed by atoms with Gasteiger partial charge >= 0.3 is 0 Å².